The fourth-order valence-corrected chi connectivity index (χ4v) is 6.13. The van der Waals surface area contributed by atoms with Crippen LogP contribution in [0.4, 0.5) is 20.5 Å². The molecule has 0 aliphatic carbocycles. The van der Waals surface area contributed by atoms with Crippen LogP contribution >= 0.6 is 15.9 Å². The van der Waals surface area contributed by atoms with E-state index in [1.807, 2.05) is 0 Å². The molecule has 2 aliphatic heterocycles. The first-order chi connectivity index (χ1) is 21.7. The van der Waals surface area contributed by atoms with Gasteiger partial charge in [0.2, 0.25) is 14.0 Å². The number of H-pyrrole nitrogens is 1. The van der Waals surface area contributed by atoms with E-state index in [1.165, 1.54) is 0 Å². The number of nitrogens with one attached hydrogen (secondary N) is 1. The molecule has 26 heteroatoms. The Bertz CT molecular complexity index is 1910. The molecule has 0 saturated carbocycles. The minimum Gasteiger partial charge on any atom is -0.387 e. The normalized spacial score (nSPS) is 30.3. The van der Waals surface area contributed by atoms with Gasteiger partial charge in [-0.25, -0.2) is 18.9 Å². The zero-order chi connectivity index (χ0) is 33.1. The Morgan fingerprint density at radius 3 is 2.46 bits per heavy atom. The maximum atomic E-state index is 15.1. The fraction of sp³-hybridized carbons (Fsp3) is 0.500. The molecule has 6 heterocycles. The number of phosphoric ester groups is 1. The van der Waals surface area contributed by atoms with E-state index < -0.39 is 89.8 Å². The fourth-order valence-electron chi connectivity index (χ4n) is 4.89. The van der Waals surface area contributed by atoms with E-state index >= 15 is 4.39 Å². The number of fused-ring (bicyclic) bond motifs is 2. The summed E-state index contributed by atoms with van der Waals surface area (Å²) < 4.78 is 81.4. The van der Waals surface area contributed by atoms with Crippen LogP contribution < -0.4 is 17.0 Å². The van der Waals surface area contributed by atoms with E-state index in [-0.39, 0.29) is 34.1 Å². The van der Waals surface area contributed by atoms with Crippen LogP contribution in [0.1, 0.15) is 12.5 Å². The van der Waals surface area contributed by atoms with E-state index in [4.69, 9.17) is 39.6 Å². The number of imidazole rings is 2. The van der Waals surface area contributed by atoms with Gasteiger partial charge in [0, 0.05) is 0 Å². The topological polar surface area (TPSA) is 320 Å². The predicted molar refractivity (Wildman–Crippen MR) is 145 cm³/mol. The molecule has 10 atom stereocenters. The summed E-state index contributed by atoms with van der Waals surface area (Å²) in [6, 6.07) is 0. The molecule has 9 N–H and O–H groups in total. The summed E-state index contributed by atoms with van der Waals surface area (Å²) in [7, 11) is -8.47. The summed E-state index contributed by atoms with van der Waals surface area (Å²) in [6.07, 6.45) is -14.4. The van der Waals surface area contributed by atoms with Gasteiger partial charge >= 0.3 is 13.9 Å². The number of hydrogen-bond acceptors (Lipinski definition) is 17. The molecule has 4 aromatic rings. The number of nitrogen functional groups attached to an aromatic ring is 2. The van der Waals surface area contributed by atoms with Crippen LogP contribution in [0.3, 0.4) is 0 Å². The van der Waals surface area contributed by atoms with Crippen molar-refractivity contribution in [3.05, 3.63) is 29.1 Å². The average Bonchev–Trinajstić information content (AvgIpc) is 3.72. The Morgan fingerprint density at radius 1 is 1.07 bits per heavy atom. The number of nitrogens with zero attached hydrogens (tertiary/aromatic N) is 7. The monoisotopic (exact) mass is 696 g/mol. The largest absolute Gasteiger partial charge is 0.472 e. The molecule has 6 rings (SSSR count). The molecule has 2 unspecified atom stereocenters. The van der Waals surface area contributed by atoms with Crippen molar-refractivity contribution < 1.29 is 61.2 Å². The molecular weight excluding hydrogens is 672 g/mol. The van der Waals surface area contributed by atoms with Gasteiger partial charge in [-0.3, -0.25) is 32.5 Å². The summed E-state index contributed by atoms with van der Waals surface area (Å²) in [5, 5.41) is 21.3. The highest BCUT2D eigenvalue weighted by molar-refractivity contribution is 7.47. The number of ether oxygens (including phenoxy) is 3. The van der Waals surface area contributed by atoms with Crippen LogP contribution in [0.15, 0.2) is 17.4 Å². The highest BCUT2D eigenvalue weighted by Gasteiger charge is 2.51. The number of nitrogens with two attached hydrogens (primary N) is 2. The number of alkyl halides is 1. The number of rotatable bonds is 10. The molecule has 0 bridgehead atoms. The minimum absolute atomic E-state index is 0.0755. The molecule has 4 aromatic heterocycles. The molecule has 46 heavy (non-hydrogen) atoms. The quantitative estimate of drug-likeness (QED) is 0.0697. The SMILES string of the molecule is Nc1nc2c(ncn2[C@@H]2O[C@H](OC[PH](=O)O)[C@H](O)[C@@H]2OP(=O)(O)OC[C@H]2O[C@@H](n3cnc4c(N)nc(F)nc43)[C@@H](F)[C@H]2O)c(=O)[nH]1. The third kappa shape index (κ3) is 6.00. The van der Waals surface area contributed by atoms with E-state index in [1.54, 1.807) is 0 Å². The first-order valence-corrected chi connectivity index (χ1v) is 16.0. The van der Waals surface area contributed by atoms with E-state index in [9.17, 15) is 33.4 Å². The second-order valence-corrected chi connectivity index (χ2v) is 12.4. The summed E-state index contributed by atoms with van der Waals surface area (Å²) >= 11 is 0. The highest BCUT2D eigenvalue weighted by Crippen LogP contribution is 2.50. The Hall–Kier alpha value is -3.54. The third-order valence-electron chi connectivity index (χ3n) is 6.91. The molecule has 0 aromatic carbocycles. The Kier molecular flexibility index (Phi) is 8.62. The van der Waals surface area contributed by atoms with Crippen molar-refractivity contribution in [1.29, 1.82) is 0 Å². The summed E-state index contributed by atoms with van der Waals surface area (Å²) in [5.41, 5.74) is 9.73. The molecule has 2 aliphatic rings. The number of aromatic nitrogens is 8. The van der Waals surface area contributed by atoms with Crippen molar-refractivity contribution in [3.8, 4) is 0 Å². The van der Waals surface area contributed by atoms with Crippen molar-refractivity contribution in [2.75, 3.05) is 24.4 Å². The maximum Gasteiger partial charge on any atom is 0.472 e. The number of halogens is 2. The molecule has 2 saturated heterocycles. The molecule has 2 fully saturated rings. The van der Waals surface area contributed by atoms with Gasteiger partial charge in [-0.05, 0) is 0 Å². The summed E-state index contributed by atoms with van der Waals surface area (Å²) in [6.45, 7) is -0.952. The summed E-state index contributed by atoms with van der Waals surface area (Å²) in [4.78, 5) is 52.8. The van der Waals surface area contributed by atoms with Gasteiger partial charge in [0.15, 0.2) is 53.1 Å². The van der Waals surface area contributed by atoms with Crippen molar-refractivity contribution in [2.24, 2.45) is 0 Å². The lowest BCUT2D eigenvalue weighted by atomic mass is 10.1. The van der Waals surface area contributed by atoms with Gasteiger partial charge in [0.05, 0.1) is 19.3 Å². The molecule has 0 amide bonds. The number of anilines is 2. The molecular formula is C20H24F2N10O12P2. The number of aliphatic hydroxyl groups is 2. The van der Waals surface area contributed by atoms with Gasteiger partial charge in [0.1, 0.15) is 30.8 Å². The van der Waals surface area contributed by atoms with Crippen LogP contribution in [0.5, 0.6) is 0 Å². The lowest BCUT2D eigenvalue weighted by molar-refractivity contribution is -0.166. The van der Waals surface area contributed by atoms with Gasteiger partial charge in [0.25, 0.3) is 5.56 Å². The second kappa shape index (κ2) is 12.2. The van der Waals surface area contributed by atoms with Gasteiger partial charge in [-0.1, -0.05) is 0 Å². The molecule has 22 nitrogen and oxygen atoms in total. The number of aliphatic hydroxyl groups excluding tert-OH is 2. The maximum absolute atomic E-state index is 15.1. The first-order valence-electron chi connectivity index (χ1n) is 12.9. The van der Waals surface area contributed by atoms with E-state index in [0.717, 1.165) is 21.8 Å². The van der Waals surface area contributed by atoms with Crippen LogP contribution in [0, 0.1) is 6.08 Å². The van der Waals surface area contributed by atoms with Crippen LogP contribution in [0.2, 0.25) is 0 Å². The van der Waals surface area contributed by atoms with Crippen molar-refractivity contribution in [3.63, 3.8) is 0 Å². The van der Waals surface area contributed by atoms with Gasteiger partial charge in [-0.15, -0.1) is 0 Å². The predicted octanol–water partition coefficient (Wildman–Crippen LogP) is -1.98. The Balaban J connectivity index is 1.20. The van der Waals surface area contributed by atoms with Crippen molar-refractivity contribution in [1.82, 2.24) is 39.0 Å². The van der Waals surface area contributed by atoms with Crippen molar-refractivity contribution >= 4 is 49.9 Å². The van der Waals surface area contributed by atoms with Crippen LogP contribution in [-0.2, 0) is 32.4 Å². The average molecular weight is 696 g/mol. The number of phosphoric acid groups is 1. The van der Waals surface area contributed by atoms with Gasteiger partial charge < -0.3 is 45.7 Å². The second-order valence-electron chi connectivity index (χ2n) is 9.90. The first kappa shape index (κ1) is 32.4. The lowest BCUT2D eigenvalue weighted by Gasteiger charge is -2.24. The van der Waals surface area contributed by atoms with Crippen molar-refractivity contribution in [2.45, 2.75) is 49.3 Å². The van der Waals surface area contributed by atoms with E-state index in [0.29, 0.717) is 0 Å². The number of aromatic amines is 1. The zero-order valence-corrected chi connectivity index (χ0v) is 24.6. The summed E-state index contributed by atoms with van der Waals surface area (Å²) in [5.74, 6) is -0.666. The van der Waals surface area contributed by atoms with Crippen LogP contribution in [-0.4, -0.2) is 109 Å². The lowest BCUT2D eigenvalue weighted by Crippen LogP contribution is -2.35. The Labute approximate surface area is 253 Å². The molecule has 0 radical (unpaired) electrons. The third-order valence-corrected chi connectivity index (χ3v) is 8.31. The standard InChI is InChI=1S/C20H24F2N10O12P2/c21-6-9(33)5(42-16(6)31-2-25-7-12(23)27-19(22)28-13(7)31)1-41-46(38,39)44-11-10(34)18(40-4-45(36)37)43-17(11)32-3-26-8-14(32)29-20(24)30-15(8)35/h2-3,5-6,9-11,16-18,33-34,45H,1,4H2,(H,36,37)(H,38,39)(H2,23,27,28)(H3,24,29,30,35)/t5-,6+,9+,10-,11+,16-,17-,18+/m1/s1. The zero-order valence-electron chi connectivity index (χ0n) is 22.7. The van der Waals surface area contributed by atoms with Gasteiger partial charge in [-0.2, -0.15) is 19.3 Å². The molecule has 250 valence electrons. The van der Waals surface area contributed by atoms with E-state index in [2.05, 4.69) is 29.9 Å². The minimum atomic E-state index is -5.26. The Morgan fingerprint density at radius 2 is 1.74 bits per heavy atom. The van der Waals surface area contributed by atoms with Crippen LogP contribution in [0.25, 0.3) is 22.3 Å². The highest BCUT2D eigenvalue weighted by atomic mass is 31.2. The molecule has 0 spiro atoms. The smallest absolute Gasteiger partial charge is 0.387 e. The number of hydrogen-bond donors (Lipinski definition) is 7.